The second-order valence-corrected chi connectivity index (χ2v) is 4.38. The number of carboxylic acids is 1. The second-order valence-electron chi connectivity index (χ2n) is 4.38. The van der Waals surface area contributed by atoms with Crippen LogP contribution in [0.1, 0.15) is 34.5 Å². The Balaban J connectivity index is 2.27. The number of hydrogen-bond donors (Lipinski definition) is 2. The molecule has 0 amide bonds. The molecule has 0 saturated heterocycles. The van der Waals surface area contributed by atoms with Crippen molar-refractivity contribution in [1.29, 1.82) is 0 Å². The SMILES string of the molecule is O=C(O)c1ccc2[nH]c3c(c2c1)C=CCCC3. The summed E-state index contributed by atoms with van der Waals surface area (Å²) in [6.45, 7) is 0. The molecule has 86 valence electrons. The van der Waals surface area contributed by atoms with Crippen molar-refractivity contribution in [2.75, 3.05) is 0 Å². The molecule has 0 fully saturated rings. The maximum atomic E-state index is 11.0. The summed E-state index contributed by atoms with van der Waals surface area (Å²) in [4.78, 5) is 14.4. The predicted molar refractivity (Wildman–Crippen MR) is 67.2 cm³/mol. The number of aromatic carboxylic acids is 1. The van der Waals surface area contributed by atoms with Crippen LogP contribution in [0.25, 0.3) is 17.0 Å². The van der Waals surface area contributed by atoms with Crippen LogP contribution in [-0.2, 0) is 6.42 Å². The number of carbonyl (C=O) groups is 1. The first kappa shape index (κ1) is 10.1. The molecule has 3 nitrogen and oxygen atoms in total. The van der Waals surface area contributed by atoms with E-state index in [2.05, 4.69) is 17.1 Å². The van der Waals surface area contributed by atoms with Gasteiger partial charge in [0.15, 0.2) is 0 Å². The summed E-state index contributed by atoms with van der Waals surface area (Å²) in [6.07, 6.45) is 7.52. The van der Waals surface area contributed by atoms with Gasteiger partial charge in [-0.2, -0.15) is 0 Å². The summed E-state index contributed by atoms with van der Waals surface area (Å²) >= 11 is 0. The van der Waals surface area contributed by atoms with Crippen molar-refractivity contribution < 1.29 is 9.90 Å². The van der Waals surface area contributed by atoms with Gasteiger partial charge in [-0.05, 0) is 37.5 Å². The summed E-state index contributed by atoms with van der Waals surface area (Å²) in [5, 5.41) is 10.0. The Bertz CT molecular complexity index is 622. The summed E-state index contributed by atoms with van der Waals surface area (Å²) in [5.41, 5.74) is 3.74. The van der Waals surface area contributed by atoms with Gasteiger partial charge in [0.2, 0.25) is 0 Å². The fraction of sp³-hybridized carbons (Fsp3) is 0.214. The summed E-state index contributed by atoms with van der Waals surface area (Å²) < 4.78 is 0. The van der Waals surface area contributed by atoms with Crippen LogP contribution in [0.2, 0.25) is 0 Å². The van der Waals surface area contributed by atoms with Gasteiger partial charge in [0.25, 0.3) is 0 Å². The molecule has 0 saturated carbocycles. The van der Waals surface area contributed by atoms with Crippen molar-refractivity contribution >= 4 is 22.9 Å². The third-order valence-corrected chi connectivity index (χ3v) is 3.25. The molecule has 1 heterocycles. The van der Waals surface area contributed by atoms with E-state index in [0.29, 0.717) is 5.56 Å². The molecule has 0 unspecified atom stereocenters. The van der Waals surface area contributed by atoms with Gasteiger partial charge in [0.05, 0.1) is 5.56 Å². The highest BCUT2D eigenvalue weighted by Crippen LogP contribution is 2.28. The zero-order valence-corrected chi connectivity index (χ0v) is 9.36. The fourth-order valence-corrected chi connectivity index (χ4v) is 2.39. The van der Waals surface area contributed by atoms with Gasteiger partial charge in [-0.3, -0.25) is 0 Å². The van der Waals surface area contributed by atoms with E-state index in [4.69, 9.17) is 5.11 Å². The number of fused-ring (bicyclic) bond motifs is 3. The van der Waals surface area contributed by atoms with E-state index < -0.39 is 5.97 Å². The Morgan fingerprint density at radius 3 is 3.06 bits per heavy atom. The van der Waals surface area contributed by atoms with Gasteiger partial charge in [-0.1, -0.05) is 12.2 Å². The molecule has 0 spiro atoms. The van der Waals surface area contributed by atoms with E-state index in [0.717, 1.165) is 35.7 Å². The van der Waals surface area contributed by atoms with Crippen LogP contribution in [0, 0.1) is 0 Å². The number of aromatic amines is 1. The van der Waals surface area contributed by atoms with Crippen molar-refractivity contribution in [2.45, 2.75) is 19.3 Å². The van der Waals surface area contributed by atoms with E-state index in [1.807, 2.05) is 6.07 Å². The molecule has 0 radical (unpaired) electrons. The van der Waals surface area contributed by atoms with E-state index in [1.165, 1.54) is 5.69 Å². The zero-order valence-electron chi connectivity index (χ0n) is 9.36. The van der Waals surface area contributed by atoms with Crippen molar-refractivity contribution in [2.24, 2.45) is 0 Å². The molecule has 2 N–H and O–H groups in total. The van der Waals surface area contributed by atoms with Crippen LogP contribution in [0.4, 0.5) is 0 Å². The van der Waals surface area contributed by atoms with Gasteiger partial charge in [0, 0.05) is 22.2 Å². The number of nitrogens with one attached hydrogen (secondary N) is 1. The van der Waals surface area contributed by atoms with Crippen LogP contribution in [0.3, 0.4) is 0 Å². The molecule has 3 rings (SSSR count). The van der Waals surface area contributed by atoms with Crippen LogP contribution < -0.4 is 0 Å². The van der Waals surface area contributed by atoms with Crippen LogP contribution in [0.5, 0.6) is 0 Å². The smallest absolute Gasteiger partial charge is 0.335 e. The number of aromatic nitrogens is 1. The Morgan fingerprint density at radius 1 is 1.35 bits per heavy atom. The van der Waals surface area contributed by atoms with Crippen LogP contribution in [-0.4, -0.2) is 16.1 Å². The normalized spacial score (nSPS) is 14.6. The molecular weight excluding hydrogens is 214 g/mol. The molecule has 3 heteroatoms. The number of H-pyrrole nitrogens is 1. The van der Waals surface area contributed by atoms with E-state index in [9.17, 15) is 4.79 Å². The minimum absolute atomic E-state index is 0.344. The van der Waals surface area contributed by atoms with E-state index in [-0.39, 0.29) is 0 Å². The minimum Gasteiger partial charge on any atom is -0.478 e. The standard InChI is InChI=1S/C14H13NO2/c16-14(17)9-6-7-13-11(8-9)10-4-2-1-3-5-12(10)15-13/h2,4,6-8,15H,1,3,5H2,(H,16,17). The van der Waals surface area contributed by atoms with E-state index in [1.54, 1.807) is 12.1 Å². The number of rotatable bonds is 1. The van der Waals surface area contributed by atoms with Crippen molar-refractivity contribution in [3.63, 3.8) is 0 Å². The summed E-state index contributed by atoms with van der Waals surface area (Å²) in [5.74, 6) is -0.876. The molecule has 0 aliphatic heterocycles. The number of carboxylic acid groups (broad SMARTS) is 1. The Morgan fingerprint density at radius 2 is 2.24 bits per heavy atom. The van der Waals surface area contributed by atoms with Gasteiger partial charge in [-0.15, -0.1) is 0 Å². The highest BCUT2D eigenvalue weighted by atomic mass is 16.4. The monoisotopic (exact) mass is 227 g/mol. The Labute approximate surface area is 98.8 Å². The highest BCUT2D eigenvalue weighted by Gasteiger charge is 2.12. The van der Waals surface area contributed by atoms with Gasteiger partial charge in [-0.25, -0.2) is 4.79 Å². The van der Waals surface area contributed by atoms with Crippen molar-refractivity contribution in [1.82, 2.24) is 4.98 Å². The Hall–Kier alpha value is -2.03. The van der Waals surface area contributed by atoms with E-state index >= 15 is 0 Å². The lowest BCUT2D eigenvalue weighted by molar-refractivity contribution is 0.0697. The topological polar surface area (TPSA) is 53.1 Å². The number of benzene rings is 1. The molecule has 1 aliphatic rings. The average Bonchev–Trinajstić information content (AvgIpc) is 2.51. The van der Waals surface area contributed by atoms with Gasteiger partial charge < -0.3 is 10.1 Å². The third-order valence-electron chi connectivity index (χ3n) is 3.25. The molecule has 1 aromatic carbocycles. The second kappa shape index (κ2) is 3.77. The molecule has 1 aliphatic carbocycles. The molecule has 0 bridgehead atoms. The van der Waals surface area contributed by atoms with Crippen molar-refractivity contribution in [3.8, 4) is 0 Å². The number of aryl methyl sites for hydroxylation is 1. The maximum Gasteiger partial charge on any atom is 0.335 e. The molecular formula is C14H13NO2. The van der Waals surface area contributed by atoms with Gasteiger partial charge in [0.1, 0.15) is 0 Å². The molecule has 2 aromatic rings. The lowest BCUT2D eigenvalue weighted by Crippen LogP contribution is -1.94. The third kappa shape index (κ3) is 1.64. The lowest BCUT2D eigenvalue weighted by atomic mass is 10.1. The Kier molecular flexibility index (Phi) is 2.25. The first-order valence-corrected chi connectivity index (χ1v) is 5.80. The van der Waals surface area contributed by atoms with Crippen LogP contribution in [0.15, 0.2) is 24.3 Å². The van der Waals surface area contributed by atoms with Crippen LogP contribution >= 0.6 is 0 Å². The zero-order chi connectivity index (χ0) is 11.8. The fourth-order valence-electron chi connectivity index (χ4n) is 2.39. The first-order valence-electron chi connectivity index (χ1n) is 5.80. The van der Waals surface area contributed by atoms with Crippen molar-refractivity contribution in [3.05, 3.63) is 41.1 Å². The molecule has 17 heavy (non-hydrogen) atoms. The summed E-state index contributed by atoms with van der Waals surface area (Å²) in [7, 11) is 0. The molecule has 0 atom stereocenters. The predicted octanol–water partition coefficient (Wildman–Crippen LogP) is 3.22. The number of hydrogen-bond acceptors (Lipinski definition) is 1. The largest absolute Gasteiger partial charge is 0.478 e. The molecule has 1 aromatic heterocycles. The lowest BCUT2D eigenvalue weighted by Gasteiger charge is -1.96. The first-order chi connectivity index (χ1) is 8.25. The highest BCUT2D eigenvalue weighted by molar-refractivity contribution is 5.97. The maximum absolute atomic E-state index is 11.0. The number of allylic oxidation sites excluding steroid dienone is 1. The average molecular weight is 227 g/mol. The summed E-state index contributed by atoms with van der Waals surface area (Å²) in [6, 6.07) is 5.24. The minimum atomic E-state index is -0.876. The quantitative estimate of drug-likeness (QED) is 0.785. The van der Waals surface area contributed by atoms with Gasteiger partial charge >= 0.3 is 5.97 Å².